The highest BCUT2D eigenvalue weighted by atomic mass is 16.5. The van der Waals surface area contributed by atoms with Crippen LogP contribution in [0.2, 0.25) is 0 Å². The molecule has 0 spiro atoms. The molecule has 4 rings (SSSR count). The number of aryl methyl sites for hydroxylation is 2. The zero-order chi connectivity index (χ0) is 20.9. The Balaban J connectivity index is 1.48. The van der Waals surface area contributed by atoms with Crippen LogP contribution in [0, 0.1) is 13.8 Å². The molecule has 0 saturated heterocycles. The predicted octanol–water partition coefficient (Wildman–Crippen LogP) is 6.00. The van der Waals surface area contributed by atoms with Crippen molar-refractivity contribution in [3.05, 3.63) is 90.3 Å². The number of anilines is 3. The highest BCUT2D eigenvalue weighted by Crippen LogP contribution is 2.32. The van der Waals surface area contributed by atoms with Crippen LogP contribution in [0.25, 0.3) is 0 Å². The van der Waals surface area contributed by atoms with Gasteiger partial charge in [0.15, 0.2) is 5.82 Å². The van der Waals surface area contributed by atoms with Gasteiger partial charge in [-0.05, 0) is 73.5 Å². The molecule has 150 valence electrons. The van der Waals surface area contributed by atoms with Crippen molar-refractivity contribution in [3.8, 4) is 23.1 Å². The standard InChI is InChI=1S/C24H22N4O2/c1-16-8-11-21(14-17(16)2)30-24-22(25)23(26-15-27-24)28-18-9-12-20(13-10-18)29-19-6-4-3-5-7-19/h3-15H,25H2,1-2H3,(H,26,27,28). The maximum atomic E-state index is 6.24. The number of nitrogens with zero attached hydrogens (tertiary/aromatic N) is 2. The molecule has 3 aromatic carbocycles. The number of hydrogen-bond acceptors (Lipinski definition) is 6. The Labute approximate surface area is 175 Å². The second-order valence-corrected chi connectivity index (χ2v) is 6.85. The maximum absolute atomic E-state index is 6.24. The SMILES string of the molecule is Cc1ccc(Oc2ncnc(Nc3ccc(Oc4ccccc4)cc3)c2N)cc1C. The summed E-state index contributed by atoms with van der Waals surface area (Å²) in [5.41, 5.74) is 9.72. The molecule has 0 fully saturated rings. The molecule has 0 radical (unpaired) electrons. The van der Waals surface area contributed by atoms with Gasteiger partial charge in [-0.15, -0.1) is 0 Å². The molecule has 0 aliphatic heterocycles. The van der Waals surface area contributed by atoms with E-state index in [1.54, 1.807) is 0 Å². The lowest BCUT2D eigenvalue weighted by molar-refractivity contribution is 0.464. The van der Waals surface area contributed by atoms with Gasteiger partial charge in [-0.2, -0.15) is 4.98 Å². The summed E-state index contributed by atoms with van der Waals surface area (Å²) in [4.78, 5) is 8.41. The van der Waals surface area contributed by atoms with Gasteiger partial charge in [-0.25, -0.2) is 4.98 Å². The average Bonchev–Trinajstić information content (AvgIpc) is 2.76. The summed E-state index contributed by atoms with van der Waals surface area (Å²) in [6.07, 6.45) is 1.42. The largest absolute Gasteiger partial charge is 0.457 e. The number of nitrogens with one attached hydrogen (secondary N) is 1. The third kappa shape index (κ3) is 4.50. The van der Waals surface area contributed by atoms with E-state index < -0.39 is 0 Å². The molecule has 6 heteroatoms. The minimum Gasteiger partial charge on any atom is -0.457 e. The number of nitrogen functional groups attached to an aromatic ring is 1. The van der Waals surface area contributed by atoms with Crippen molar-refractivity contribution >= 4 is 17.2 Å². The van der Waals surface area contributed by atoms with E-state index in [2.05, 4.69) is 22.2 Å². The highest BCUT2D eigenvalue weighted by molar-refractivity contribution is 5.72. The van der Waals surface area contributed by atoms with Gasteiger partial charge < -0.3 is 20.5 Å². The molecule has 0 bridgehead atoms. The Bertz CT molecular complexity index is 1150. The Hall–Kier alpha value is -4.06. The third-order valence-electron chi connectivity index (χ3n) is 4.64. The van der Waals surface area contributed by atoms with Crippen LogP contribution >= 0.6 is 0 Å². The smallest absolute Gasteiger partial charge is 0.248 e. The third-order valence-corrected chi connectivity index (χ3v) is 4.64. The van der Waals surface area contributed by atoms with Gasteiger partial charge in [-0.3, -0.25) is 0 Å². The fourth-order valence-corrected chi connectivity index (χ4v) is 2.82. The van der Waals surface area contributed by atoms with Crippen LogP contribution in [0.1, 0.15) is 11.1 Å². The van der Waals surface area contributed by atoms with Crippen molar-refractivity contribution in [2.75, 3.05) is 11.1 Å². The molecule has 1 aromatic heterocycles. The van der Waals surface area contributed by atoms with E-state index in [9.17, 15) is 0 Å². The molecular formula is C24H22N4O2. The molecule has 0 unspecified atom stereocenters. The van der Waals surface area contributed by atoms with Gasteiger partial charge in [0.2, 0.25) is 5.88 Å². The zero-order valence-electron chi connectivity index (χ0n) is 16.8. The first-order valence-electron chi connectivity index (χ1n) is 9.54. The number of para-hydroxylation sites is 1. The van der Waals surface area contributed by atoms with Crippen LogP contribution in [0.4, 0.5) is 17.2 Å². The maximum Gasteiger partial charge on any atom is 0.248 e. The summed E-state index contributed by atoms with van der Waals surface area (Å²) >= 11 is 0. The Morgan fingerprint density at radius 2 is 1.43 bits per heavy atom. The van der Waals surface area contributed by atoms with Gasteiger partial charge >= 0.3 is 0 Å². The van der Waals surface area contributed by atoms with Crippen LogP contribution < -0.4 is 20.5 Å². The van der Waals surface area contributed by atoms with Crippen molar-refractivity contribution in [3.63, 3.8) is 0 Å². The van der Waals surface area contributed by atoms with Gasteiger partial charge in [0, 0.05) is 5.69 Å². The van der Waals surface area contributed by atoms with Gasteiger partial charge in [0.05, 0.1) is 0 Å². The molecular weight excluding hydrogens is 376 g/mol. The van der Waals surface area contributed by atoms with Crippen LogP contribution in [-0.2, 0) is 0 Å². The Kier molecular flexibility index (Phi) is 5.48. The van der Waals surface area contributed by atoms with E-state index >= 15 is 0 Å². The normalized spacial score (nSPS) is 10.5. The van der Waals surface area contributed by atoms with Crippen LogP contribution in [-0.4, -0.2) is 9.97 Å². The quantitative estimate of drug-likeness (QED) is 0.414. The molecule has 0 aliphatic rings. The number of nitrogens with two attached hydrogens (primary N) is 1. The summed E-state index contributed by atoms with van der Waals surface area (Å²) in [5.74, 6) is 2.98. The first-order valence-corrected chi connectivity index (χ1v) is 9.54. The van der Waals surface area contributed by atoms with Gasteiger partial charge in [0.25, 0.3) is 0 Å². The fourth-order valence-electron chi connectivity index (χ4n) is 2.82. The Morgan fingerprint density at radius 1 is 0.733 bits per heavy atom. The number of hydrogen-bond donors (Lipinski definition) is 2. The second-order valence-electron chi connectivity index (χ2n) is 6.85. The van der Waals surface area contributed by atoms with E-state index in [1.165, 1.54) is 11.9 Å². The minimum absolute atomic E-state index is 0.305. The topological polar surface area (TPSA) is 82.3 Å². The van der Waals surface area contributed by atoms with E-state index in [1.807, 2.05) is 79.7 Å². The summed E-state index contributed by atoms with van der Waals surface area (Å²) < 4.78 is 11.7. The van der Waals surface area contributed by atoms with Crippen molar-refractivity contribution in [1.82, 2.24) is 9.97 Å². The van der Waals surface area contributed by atoms with Crippen LogP contribution in [0.3, 0.4) is 0 Å². The molecule has 30 heavy (non-hydrogen) atoms. The van der Waals surface area contributed by atoms with Crippen LogP contribution in [0.5, 0.6) is 23.1 Å². The summed E-state index contributed by atoms with van der Waals surface area (Å²) in [7, 11) is 0. The lowest BCUT2D eigenvalue weighted by atomic mass is 10.1. The fraction of sp³-hybridized carbons (Fsp3) is 0.0833. The van der Waals surface area contributed by atoms with E-state index in [4.69, 9.17) is 15.2 Å². The molecule has 1 heterocycles. The summed E-state index contributed by atoms with van der Waals surface area (Å²) in [6, 6.07) is 23.0. The number of benzene rings is 3. The minimum atomic E-state index is 0.305. The molecule has 4 aromatic rings. The number of rotatable bonds is 6. The monoisotopic (exact) mass is 398 g/mol. The van der Waals surface area contributed by atoms with Crippen molar-refractivity contribution in [2.24, 2.45) is 0 Å². The molecule has 0 atom stereocenters. The predicted molar refractivity (Wildman–Crippen MR) is 119 cm³/mol. The zero-order valence-corrected chi connectivity index (χ0v) is 16.8. The second kappa shape index (κ2) is 8.53. The van der Waals surface area contributed by atoms with Crippen LogP contribution in [0.15, 0.2) is 79.1 Å². The summed E-state index contributed by atoms with van der Waals surface area (Å²) in [5, 5.41) is 3.20. The van der Waals surface area contributed by atoms with E-state index in [0.29, 0.717) is 23.1 Å². The molecule has 0 aliphatic carbocycles. The highest BCUT2D eigenvalue weighted by Gasteiger charge is 2.11. The van der Waals surface area contributed by atoms with Crippen molar-refractivity contribution in [2.45, 2.75) is 13.8 Å². The van der Waals surface area contributed by atoms with Crippen molar-refractivity contribution in [1.29, 1.82) is 0 Å². The molecule has 0 amide bonds. The number of aromatic nitrogens is 2. The first-order chi connectivity index (χ1) is 14.6. The molecule has 3 N–H and O–H groups in total. The van der Waals surface area contributed by atoms with Crippen molar-refractivity contribution < 1.29 is 9.47 Å². The molecule has 0 saturated carbocycles. The van der Waals surface area contributed by atoms with E-state index in [0.717, 1.165) is 22.7 Å². The Morgan fingerprint density at radius 3 is 2.17 bits per heavy atom. The summed E-state index contributed by atoms with van der Waals surface area (Å²) in [6.45, 7) is 4.08. The average molecular weight is 398 g/mol. The lowest BCUT2D eigenvalue weighted by Gasteiger charge is -2.13. The van der Waals surface area contributed by atoms with Gasteiger partial charge in [-0.1, -0.05) is 24.3 Å². The van der Waals surface area contributed by atoms with E-state index in [-0.39, 0.29) is 0 Å². The number of ether oxygens (including phenoxy) is 2. The van der Waals surface area contributed by atoms with Gasteiger partial charge in [0.1, 0.15) is 29.3 Å². The first kappa shape index (κ1) is 19.3. The lowest BCUT2D eigenvalue weighted by Crippen LogP contribution is -2.03. The molecule has 6 nitrogen and oxygen atoms in total.